The van der Waals surface area contributed by atoms with Gasteiger partial charge in [0.05, 0.1) is 0 Å². The lowest BCUT2D eigenvalue weighted by Gasteiger charge is -2.16. The number of anilines is 1. The van der Waals surface area contributed by atoms with Crippen molar-refractivity contribution in [2.45, 2.75) is 6.42 Å². The molecule has 0 atom stereocenters. The van der Waals surface area contributed by atoms with Crippen LogP contribution in [-0.4, -0.2) is 25.0 Å². The molecule has 120 valence electrons. The second-order valence-electron chi connectivity index (χ2n) is 5.65. The Kier molecular flexibility index (Phi) is 3.78. The van der Waals surface area contributed by atoms with Crippen molar-refractivity contribution in [2.75, 3.05) is 18.1 Å². The highest BCUT2D eigenvalue weighted by Crippen LogP contribution is 2.28. The Balaban J connectivity index is 1.43. The van der Waals surface area contributed by atoms with Gasteiger partial charge in [0.25, 0.3) is 5.91 Å². The Bertz CT molecular complexity index is 898. The van der Waals surface area contributed by atoms with Crippen molar-refractivity contribution in [3.05, 3.63) is 65.0 Å². The summed E-state index contributed by atoms with van der Waals surface area (Å²) in [4.78, 5) is 26.8. The van der Waals surface area contributed by atoms with Gasteiger partial charge in [-0.25, -0.2) is 4.79 Å². The van der Waals surface area contributed by atoms with Gasteiger partial charge in [-0.2, -0.15) is 0 Å². The fourth-order valence-corrected chi connectivity index (χ4v) is 3.91. The highest BCUT2D eigenvalue weighted by atomic mass is 32.1. The molecule has 4 rings (SSSR count). The highest BCUT2D eigenvalue weighted by Gasteiger charge is 2.25. The standard InChI is InChI=1S/C19H15NO3S/c21-18(20-10-9-13-5-1-3-7-15(13)20)12-23-19(22)17-11-14-6-2-4-8-16(14)24-17/h1-8,11H,9-10,12H2. The van der Waals surface area contributed by atoms with E-state index in [-0.39, 0.29) is 12.5 Å². The molecule has 0 fully saturated rings. The number of amides is 1. The number of para-hydroxylation sites is 1. The molecule has 1 aromatic heterocycles. The van der Waals surface area contributed by atoms with Crippen LogP contribution < -0.4 is 4.90 Å². The van der Waals surface area contributed by atoms with E-state index in [0.717, 1.165) is 27.8 Å². The first-order valence-corrected chi connectivity index (χ1v) is 8.58. The third-order valence-electron chi connectivity index (χ3n) is 4.14. The molecule has 0 aliphatic carbocycles. The van der Waals surface area contributed by atoms with Crippen molar-refractivity contribution < 1.29 is 14.3 Å². The zero-order valence-electron chi connectivity index (χ0n) is 12.9. The number of nitrogens with zero attached hydrogens (tertiary/aromatic N) is 1. The van der Waals surface area contributed by atoms with E-state index in [4.69, 9.17) is 4.74 Å². The number of thiophene rings is 1. The third kappa shape index (κ3) is 2.67. The molecular weight excluding hydrogens is 322 g/mol. The molecule has 1 aliphatic heterocycles. The summed E-state index contributed by atoms with van der Waals surface area (Å²) in [7, 11) is 0. The van der Waals surface area contributed by atoms with E-state index in [1.165, 1.54) is 11.3 Å². The summed E-state index contributed by atoms with van der Waals surface area (Å²) in [5, 5.41) is 1.01. The van der Waals surface area contributed by atoms with Gasteiger partial charge >= 0.3 is 5.97 Å². The van der Waals surface area contributed by atoms with E-state index in [1.54, 1.807) is 11.0 Å². The number of fused-ring (bicyclic) bond motifs is 2. The number of benzene rings is 2. The molecule has 0 unspecified atom stereocenters. The number of rotatable bonds is 3. The van der Waals surface area contributed by atoms with Crippen LogP contribution in [0.4, 0.5) is 5.69 Å². The number of hydrogen-bond acceptors (Lipinski definition) is 4. The molecule has 5 heteroatoms. The van der Waals surface area contributed by atoms with E-state index in [0.29, 0.717) is 11.4 Å². The summed E-state index contributed by atoms with van der Waals surface area (Å²) in [5.41, 5.74) is 2.07. The van der Waals surface area contributed by atoms with Crippen molar-refractivity contribution in [3.8, 4) is 0 Å². The van der Waals surface area contributed by atoms with E-state index in [9.17, 15) is 9.59 Å². The van der Waals surface area contributed by atoms with Crippen molar-refractivity contribution in [1.82, 2.24) is 0 Å². The predicted octanol–water partition coefficient (Wildman–Crippen LogP) is 3.65. The number of carbonyl (C=O) groups is 2. The summed E-state index contributed by atoms with van der Waals surface area (Å²) in [6.45, 7) is 0.403. The largest absolute Gasteiger partial charge is 0.451 e. The Morgan fingerprint density at radius 1 is 1.08 bits per heavy atom. The van der Waals surface area contributed by atoms with Gasteiger partial charge in [0, 0.05) is 16.9 Å². The molecule has 1 amide bonds. The van der Waals surface area contributed by atoms with Crippen molar-refractivity contribution in [2.24, 2.45) is 0 Å². The summed E-state index contributed by atoms with van der Waals surface area (Å²) >= 11 is 1.38. The number of hydrogen-bond donors (Lipinski definition) is 0. The fourth-order valence-electron chi connectivity index (χ4n) is 2.96. The maximum absolute atomic E-state index is 12.4. The normalized spacial score (nSPS) is 13.1. The smallest absolute Gasteiger partial charge is 0.348 e. The van der Waals surface area contributed by atoms with Gasteiger partial charge in [-0.3, -0.25) is 4.79 Å². The molecule has 3 aromatic rings. The first kappa shape index (κ1) is 14.9. The molecule has 0 saturated carbocycles. The van der Waals surface area contributed by atoms with Gasteiger partial charge in [-0.05, 0) is 35.6 Å². The van der Waals surface area contributed by atoms with Crippen molar-refractivity contribution >= 4 is 39.0 Å². The molecule has 4 nitrogen and oxygen atoms in total. The topological polar surface area (TPSA) is 46.6 Å². The molecule has 0 radical (unpaired) electrons. The van der Waals surface area contributed by atoms with Crippen LogP contribution in [0.5, 0.6) is 0 Å². The SMILES string of the molecule is O=C(OCC(=O)N1CCc2ccccc21)c1cc2ccccc2s1. The lowest BCUT2D eigenvalue weighted by molar-refractivity contribution is -0.121. The Morgan fingerprint density at radius 2 is 1.88 bits per heavy atom. The van der Waals surface area contributed by atoms with Crippen LogP contribution in [0.25, 0.3) is 10.1 Å². The first-order chi connectivity index (χ1) is 11.7. The Morgan fingerprint density at radius 3 is 2.75 bits per heavy atom. The van der Waals surface area contributed by atoms with Gasteiger partial charge in [0.1, 0.15) is 4.88 Å². The van der Waals surface area contributed by atoms with Crippen LogP contribution in [0.1, 0.15) is 15.2 Å². The lowest BCUT2D eigenvalue weighted by Crippen LogP contribution is -2.33. The molecule has 24 heavy (non-hydrogen) atoms. The second-order valence-corrected chi connectivity index (χ2v) is 6.73. The van der Waals surface area contributed by atoms with Crippen molar-refractivity contribution in [1.29, 1.82) is 0 Å². The average Bonchev–Trinajstić information content (AvgIpc) is 3.23. The summed E-state index contributed by atoms with van der Waals surface area (Å²) in [5.74, 6) is -0.633. The zero-order valence-corrected chi connectivity index (χ0v) is 13.7. The van der Waals surface area contributed by atoms with Crippen LogP contribution in [0.2, 0.25) is 0 Å². The minimum atomic E-state index is -0.447. The molecule has 1 aliphatic rings. The summed E-state index contributed by atoms with van der Waals surface area (Å²) in [6.07, 6.45) is 0.839. The maximum Gasteiger partial charge on any atom is 0.348 e. The van der Waals surface area contributed by atoms with Gasteiger partial charge in [-0.15, -0.1) is 11.3 Å². The van der Waals surface area contributed by atoms with Gasteiger partial charge < -0.3 is 9.64 Å². The fraction of sp³-hybridized carbons (Fsp3) is 0.158. The van der Waals surface area contributed by atoms with E-state index >= 15 is 0 Å². The summed E-state index contributed by atoms with van der Waals surface area (Å²) in [6, 6.07) is 17.4. The second kappa shape index (κ2) is 6.09. The number of carbonyl (C=O) groups excluding carboxylic acids is 2. The van der Waals surface area contributed by atoms with Crippen LogP contribution in [0, 0.1) is 0 Å². The minimum Gasteiger partial charge on any atom is -0.451 e. The molecule has 2 heterocycles. The highest BCUT2D eigenvalue weighted by molar-refractivity contribution is 7.20. The van der Waals surface area contributed by atoms with Gasteiger partial charge in [0.15, 0.2) is 6.61 Å². The minimum absolute atomic E-state index is 0.186. The zero-order chi connectivity index (χ0) is 16.5. The number of esters is 1. The monoisotopic (exact) mass is 337 g/mol. The van der Waals surface area contributed by atoms with Crippen LogP contribution in [0.15, 0.2) is 54.6 Å². The molecule has 0 bridgehead atoms. The third-order valence-corrected chi connectivity index (χ3v) is 5.24. The summed E-state index contributed by atoms with van der Waals surface area (Å²) < 4.78 is 6.26. The van der Waals surface area contributed by atoms with Crippen molar-refractivity contribution in [3.63, 3.8) is 0 Å². The van der Waals surface area contributed by atoms with Crippen LogP contribution >= 0.6 is 11.3 Å². The van der Waals surface area contributed by atoms with E-state index < -0.39 is 5.97 Å². The number of ether oxygens (including phenoxy) is 1. The molecule has 0 N–H and O–H groups in total. The van der Waals surface area contributed by atoms with Gasteiger partial charge in [-0.1, -0.05) is 36.4 Å². The van der Waals surface area contributed by atoms with Crippen LogP contribution in [0.3, 0.4) is 0 Å². The quantitative estimate of drug-likeness (QED) is 0.686. The predicted molar refractivity (Wildman–Crippen MR) is 94.6 cm³/mol. The van der Waals surface area contributed by atoms with E-state index in [2.05, 4.69) is 0 Å². The molecular formula is C19H15NO3S. The lowest BCUT2D eigenvalue weighted by atomic mass is 10.2. The van der Waals surface area contributed by atoms with Crippen LogP contribution in [-0.2, 0) is 16.0 Å². The van der Waals surface area contributed by atoms with E-state index in [1.807, 2.05) is 48.5 Å². The first-order valence-electron chi connectivity index (χ1n) is 7.76. The van der Waals surface area contributed by atoms with Gasteiger partial charge in [0.2, 0.25) is 0 Å². The average molecular weight is 337 g/mol. The Hall–Kier alpha value is -2.66. The molecule has 0 saturated heterocycles. The maximum atomic E-state index is 12.4. The molecule has 2 aromatic carbocycles. The Labute approximate surface area is 143 Å². The molecule has 0 spiro atoms.